The fourth-order valence-electron chi connectivity index (χ4n) is 4.58. The number of methoxy groups -OCH3 is 1. The lowest BCUT2D eigenvalue weighted by molar-refractivity contribution is -0.140. The van der Waals surface area contributed by atoms with Gasteiger partial charge in [0.15, 0.2) is 0 Å². The van der Waals surface area contributed by atoms with Crippen LogP contribution in [0.2, 0.25) is 5.02 Å². The summed E-state index contributed by atoms with van der Waals surface area (Å²) in [5.74, 6) is -0.601. The van der Waals surface area contributed by atoms with E-state index in [0.29, 0.717) is 6.42 Å². The Balaban J connectivity index is 2.13. The molecule has 2 amide bonds. The Morgan fingerprint density at radius 1 is 0.952 bits per heavy atom. The molecule has 0 aliphatic heterocycles. The predicted octanol–water partition coefficient (Wildman–Crippen LogP) is 5.88. The number of nitrogens with one attached hydrogen (secondary N) is 1. The van der Waals surface area contributed by atoms with Crippen LogP contribution < -0.4 is 14.4 Å². The van der Waals surface area contributed by atoms with Crippen molar-refractivity contribution in [1.82, 2.24) is 10.2 Å². The highest BCUT2D eigenvalue weighted by molar-refractivity contribution is 7.92. The van der Waals surface area contributed by atoms with Gasteiger partial charge in [0.05, 0.1) is 17.7 Å². The van der Waals surface area contributed by atoms with Crippen molar-refractivity contribution in [3.63, 3.8) is 0 Å². The summed E-state index contributed by atoms with van der Waals surface area (Å²) in [6, 6.07) is 17.7. The average molecular weight is 614 g/mol. The number of benzene rings is 3. The van der Waals surface area contributed by atoms with Crippen molar-refractivity contribution in [1.29, 1.82) is 0 Å². The molecule has 0 aliphatic rings. The minimum absolute atomic E-state index is 0.00900. The van der Waals surface area contributed by atoms with Crippen molar-refractivity contribution >= 4 is 39.1 Å². The van der Waals surface area contributed by atoms with Crippen LogP contribution in [0.1, 0.15) is 50.3 Å². The monoisotopic (exact) mass is 613 g/mol. The molecule has 0 saturated heterocycles. The molecule has 3 aromatic rings. The zero-order chi connectivity index (χ0) is 31.0. The number of rotatable bonds is 13. The summed E-state index contributed by atoms with van der Waals surface area (Å²) >= 11 is 6.31. The number of carbonyl (C=O) groups excluding carboxylic acids is 2. The maximum atomic E-state index is 14.3. The minimum Gasteiger partial charge on any atom is -0.495 e. The van der Waals surface area contributed by atoms with E-state index >= 15 is 0 Å². The first kappa shape index (κ1) is 32.9. The van der Waals surface area contributed by atoms with Gasteiger partial charge in [-0.2, -0.15) is 0 Å². The lowest BCUT2D eigenvalue weighted by Crippen LogP contribution is -2.53. The van der Waals surface area contributed by atoms with E-state index in [1.54, 1.807) is 24.3 Å². The maximum absolute atomic E-state index is 14.3. The Morgan fingerprint density at radius 3 is 2.24 bits per heavy atom. The van der Waals surface area contributed by atoms with E-state index in [1.807, 2.05) is 58.9 Å². The van der Waals surface area contributed by atoms with E-state index in [4.69, 9.17) is 16.3 Å². The van der Waals surface area contributed by atoms with E-state index in [9.17, 15) is 18.0 Å². The first-order valence-corrected chi connectivity index (χ1v) is 15.8. The summed E-state index contributed by atoms with van der Waals surface area (Å²) in [7, 11) is -2.84. The average Bonchev–Trinajstić information content (AvgIpc) is 2.95. The van der Waals surface area contributed by atoms with E-state index in [-0.39, 0.29) is 39.8 Å². The van der Waals surface area contributed by atoms with Gasteiger partial charge in [-0.15, -0.1) is 0 Å². The Hall–Kier alpha value is -3.56. The molecule has 0 heterocycles. The summed E-state index contributed by atoms with van der Waals surface area (Å²) in [5, 5.41) is 3.26. The third kappa shape index (κ3) is 8.04. The van der Waals surface area contributed by atoms with Gasteiger partial charge in [-0.1, -0.05) is 73.0 Å². The molecule has 10 heteroatoms. The van der Waals surface area contributed by atoms with Crippen molar-refractivity contribution in [3.05, 3.63) is 88.4 Å². The molecular weight excluding hydrogens is 574 g/mol. The molecule has 0 radical (unpaired) electrons. The van der Waals surface area contributed by atoms with Gasteiger partial charge < -0.3 is 15.0 Å². The van der Waals surface area contributed by atoms with Gasteiger partial charge >= 0.3 is 0 Å². The number of halogens is 1. The van der Waals surface area contributed by atoms with Crippen molar-refractivity contribution in [2.75, 3.05) is 18.0 Å². The maximum Gasteiger partial charge on any atom is 0.264 e. The van der Waals surface area contributed by atoms with Crippen LogP contribution in [0.15, 0.2) is 71.6 Å². The van der Waals surface area contributed by atoms with Crippen LogP contribution in [0.25, 0.3) is 0 Å². The highest BCUT2D eigenvalue weighted by Crippen LogP contribution is 2.35. The van der Waals surface area contributed by atoms with E-state index in [0.717, 1.165) is 27.4 Å². The molecule has 42 heavy (non-hydrogen) atoms. The summed E-state index contributed by atoms with van der Waals surface area (Å²) in [6.07, 6.45) is 1.07. The zero-order valence-corrected chi connectivity index (χ0v) is 26.6. The Labute approximate surface area is 254 Å². The number of amides is 2. The second-order valence-electron chi connectivity index (χ2n) is 10.4. The summed E-state index contributed by atoms with van der Waals surface area (Å²) in [5.41, 5.74) is 2.83. The van der Waals surface area contributed by atoms with E-state index in [2.05, 4.69) is 5.32 Å². The molecule has 226 valence electrons. The Bertz CT molecular complexity index is 1490. The van der Waals surface area contributed by atoms with Crippen molar-refractivity contribution in [3.8, 4) is 5.75 Å². The van der Waals surface area contributed by atoms with E-state index in [1.165, 1.54) is 30.2 Å². The molecule has 8 nitrogen and oxygen atoms in total. The van der Waals surface area contributed by atoms with Crippen LogP contribution >= 0.6 is 11.6 Å². The zero-order valence-electron chi connectivity index (χ0n) is 25.1. The molecule has 0 aliphatic carbocycles. The summed E-state index contributed by atoms with van der Waals surface area (Å²) < 4.78 is 34.7. The molecule has 0 aromatic heterocycles. The van der Waals surface area contributed by atoms with Crippen molar-refractivity contribution < 1.29 is 22.7 Å². The topological polar surface area (TPSA) is 96.0 Å². The number of anilines is 1. The summed E-state index contributed by atoms with van der Waals surface area (Å²) in [6.45, 7) is 9.05. The van der Waals surface area contributed by atoms with E-state index < -0.39 is 28.5 Å². The lowest BCUT2D eigenvalue weighted by Gasteiger charge is -2.34. The van der Waals surface area contributed by atoms with Crippen LogP contribution in [0.4, 0.5) is 5.69 Å². The molecular formula is C32H40ClN3O5S. The quantitative estimate of drug-likeness (QED) is 0.260. The SMILES string of the molecule is CC[C@@H](C)NC(=O)[C@@H](CC)N(Cc1cccc(C)c1)C(=O)CN(c1cc(Cl)ccc1OC)S(=O)(=O)c1ccc(C)cc1. The first-order valence-electron chi connectivity index (χ1n) is 14.0. The molecule has 2 atom stereocenters. The van der Waals surface area contributed by atoms with Crippen LogP contribution in [-0.4, -0.2) is 50.9 Å². The fourth-order valence-corrected chi connectivity index (χ4v) is 6.16. The predicted molar refractivity (Wildman–Crippen MR) is 167 cm³/mol. The highest BCUT2D eigenvalue weighted by atomic mass is 35.5. The van der Waals surface area contributed by atoms with Gasteiger partial charge in [-0.25, -0.2) is 8.42 Å². The van der Waals surface area contributed by atoms with Crippen LogP contribution in [-0.2, 0) is 26.2 Å². The second-order valence-corrected chi connectivity index (χ2v) is 12.7. The van der Waals surface area contributed by atoms with Crippen molar-refractivity contribution in [2.45, 2.75) is 71.0 Å². The largest absolute Gasteiger partial charge is 0.495 e. The Kier molecular flexibility index (Phi) is 11.4. The third-order valence-corrected chi connectivity index (χ3v) is 9.13. The molecule has 1 N–H and O–H groups in total. The number of sulfonamides is 1. The van der Waals surface area contributed by atoms with Gasteiger partial charge in [-0.3, -0.25) is 13.9 Å². The molecule has 3 rings (SSSR count). The number of hydrogen-bond donors (Lipinski definition) is 1. The fraction of sp³-hybridized carbons (Fsp3) is 0.375. The third-order valence-electron chi connectivity index (χ3n) is 7.12. The molecule has 0 fully saturated rings. The number of nitrogens with zero attached hydrogens (tertiary/aromatic N) is 2. The van der Waals surface area contributed by atoms with Crippen molar-refractivity contribution in [2.24, 2.45) is 0 Å². The minimum atomic E-state index is -4.26. The Morgan fingerprint density at radius 2 is 1.64 bits per heavy atom. The molecule has 3 aromatic carbocycles. The summed E-state index contributed by atoms with van der Waals surface area (Å²) in [4.78, 5) is 29.2. The van der Waals surface area contributed by atoms with Crippen LogP contribution in [0.3, 0.4) is 0 Å². The standard InChI is InChI=1S/C32H40ClN3O5S/c1-7-24(5)34-32(38)28(8-2)35(20-25-11-9-10-23(4)18-25)31(37)21-36(29-19-26(33)14-17-30(29)41-6)42(39,40)27-15-12-22(3)13-16-27/h9-19,24,28H,7-8,20-21H2,1-6H3,(H,34,38)/t24-,28-/m1/s1. The van der Waals surface area contributed by atoms with Gasteiger partial charge in [0.2, 0.25) is 11.8 Å². The van der Waals surface area contributed by atoms with Gasteiger partial charge in [0, 0.05) is 17.6 Å². The number of hydrogen-bond acceptors (Lipinski definition) is 5. The molecule has 0 saturated carbocycles. The second kappa shape index (κ2) is 14.6. The molecule has 0 unspecified atom stereocenters. The highest BCUT2D eigenvalue weighted by Gasteiger charge is 2.35. The smallest absolute Gasteiger partial charge is 0.264 e. The molecule has 0 bridgehead atoms. The number of ether oxygens (including phenoxy) is 1. The van der Waals surface area contributed by atoms with Gasteiger partial charge in [-0.05, 0) is 69.5 Å². The number of aryl methyl sites for hydroxylation is 2. The first-order chi connectivity index (χ1) is 19.9. The number of carbonyl (C=O) groups is 2. The lowest BCUT2D eigenvalue weighted by atomic mass is 10.1. The van der Waals surface area contributed by atoms with Crippen LogP contribution in [0, 0.1) is 13.8 Å². The van der Waals surface area contributed by atoms with Crippen LogP contribution in [0.5, 0.6) is 5.75 Å². The molecule has 0 spiro atoms. The van der Waals surface area contributed by atoms with Gasteiger partial charge in [0.1, 0.15) is 18.3 Å². The normalized spacial score (nSPS) is 12.7. The van der Waals surface area contributed by atoms with Gasteiger partial charge in [0.25, 0.3) is 10.0 Å².